The molecule has 0 aliphatic heterocycles. The molecule has 3 nitrogen and oxygen atoms in total. The highest BCUT2D eigenvalue weighted by molar-refractivity contribution is 5.84. The quantitative estimate of drug-likeness (QED) is 0.483. The van der Waals surface area contributed by atoms with E-state index in [1.807, 2.05) is 26.8 Å². The third-order valence-electron chi connectivity index (χ3n) is 1.96. The van der Waals surface area contributed by atoms with Gasteiger partial charge in [0.05, 0.1) is 0 Å². The topological polar surface area (TPSA) is 35.5 Å². The number of ether oxygens (including phenoxy) is 2. The molecular formula is C12H22O3. The molecular weight excluding hydrogens is 192 g/mol. The Kier molecular flexibility index (Phi) is 7.26. The minimum Gasteiger partial charge on any atom is -0.353 e. The van der Waals surface area contributed by atoms with Crippen molar-refractivity contribution in [1.82, 2.24) is 0 Å². The van der Waals surface area contributed by atoms with E-state index in [0.29, 0.717) is 13.0 Å². The number of allylic oxidation sites excluding steroid dienone is 2. The molecule has 0 spiro atoms. The van der Waals surface area contributed by atoms with Crippen LogP contribution in [0.5, 0.6) is 0 Å². The molecule has 88 valence electrons. The summed E-state index contributed by atoms with van der Waals surface area (Å²) in [4.78, 5) is 11.6. The van der Waals surface area contributed by atoms with Gasteiger partial charge in [0.25, 0.3) is 0 Å². The lowest BCUT2D eigenvalue weighted by atomic mass is 10.1. The van der Waals surface area contributed by atoms with E-state index in [0.717, 1.165) is 5.57 Å². The summed E-state index contributed by atoms with van der Waals surface area (Å²) in [6.45, 7) is 10.00. The van der Waals surface area contributed by atoms with Crippen molar-refractivity contribution >= 4 is 5.78 Å². The summed E-state index contributed by atoms with van der Waals surface area (Å²) in [7, 11) is 0. The average molecular weight is 214 g/mol. The monoisotopic (exact) mass is 214 g/mol. The van der Waals surface area contributed by atoms with Crippen LogP contribution in [0.4, 0.5) is 0 Å². The van der Waals surface area contributed by atoms with Crippen LogP contribution >= 0.6 is 0 Å². The Morgan fingerprint density at radius 3 is 2.40 bits per heavy atom. The minimum atomic E-state index is -0.401. The van der Waals surface area contributed by atoms with E-state index in [9.17, 15) is 4.79 Å². The van der Waals surface area contributed by atoms with Gasteiger partial charge in [-0.05, 0) is 34.6 Å². The van der Waals surface area contributed by atoms with E-state index < -0.39 is 6.10 Å². The molecule has 0 aliphatic rings. The highest BCUT2D eigenvalue weighted by Crippen LogP contribution is 2.04. The molecule has 0 saturated heterocycles. The molecule has 3 heteroatoms. The van der Waals surface area contributed by atoms with Crippen LogP contribution in [-0.4, -0.2) is 24.8 Å². The normalized spacial score (nSPS) is 14.5. The Balaban J connectivity index is 3.93. The van der Waals surface area contributed by atoms with E-state index in [1.54, 1.807) is 13.8 Å². The van der Waals surface area contributed by atoms with Crippen molar-refractivity contribution in [3.8, 4) is 0 Å². The highest BCUT2D eigenvalue weighted by atomic mass is 16.7. The molecule has 2 atom stereocenters. The molecule has 0 aromatic carbocycles. The van der Waals surface area contributed by atoms with Gasteiger partial charge in [-0.25, -0.2) is 0 Å². The molecule has 0 bridgehead atoms. The predicted molar refractivity (Wildman–Crippen MR) is 60.7 cm³/mol. The Labute approximate surface area is 92.5 Å². The molecule has 0 radical (unpaired) electrons. The number of Topliss-reactive ketones (excluding diaryl/α,β-unsaturated/α-hetero) is 1. The number of hydrogen-bond acceptors (Lipinski definition) is 3. The first kappa shape index (κ1) is 14.3. The Hall–Kier alpha value is -0.670. The van der Waals surface area contributed by atoms with Gasteiger partial charge in [0, 0.05) is 13.0 Å². The van der Waals surface area contributed by atoms with Crippen molar-refractivity contribution in [2.24, 2.45) is 0 Å². The summed E-state index contributed by atoms with van der Waals surface area (Å²) >= 11 is 0. The first-order valence-electron chi connectivity index (χ1n) is 5.40. The summed E-state index contributed by atoms with van der Waals surface area (Å²) < 4.78 is 10.6. The lowest BCUT2D eigenvalue weighted by molar-refractivity contribution is -0.165. The lowest BCUT2D eigenvalue weighted by Crippen LogP contribution is -2.26. The maximum absolute atomic E-state index is 11.6. The van der Waals surface area contributed by atoms with Crippen LogP contribution in [0.15, 0.2) is 11.6 Å². The first-order chi connectivity index (χ1) is 6.97. The van der Waals surface area contributed by atoms with Gasteiger partial charge in [-0.3, -0.25) is 4.79 Å². The van der Waals surface area contributed by atoms with Crippen molar-refractivity contribution < 1.29 is 14.3 Å². The van der Waals surface area contributed by atoms with Crippen molar-refractivity contribution in [1.29, 1.82) is 0 Å². The van der Waals surface area contributed by atoms with Crippen molar-refractivity contribution in [3.05, 3.63) is 11.6 Å². The smallest absolute Gasteiger partial charge is 0.165 e. The molecule has 15 heavy (non-hydrogen) atoms. The van der Waals surface area contributed by atoms with Gasteiger partial charge in [-0.2, -0.15) is 0 Å². The van der Waals surface area contributed by atoms with Crippen LogP contribution in [0, 0.1) is 0 Å². The third kappa shape index (κ3) is 7.28. The molecule has 0 heterocycles. The Bertz CT molecular complexity index is 217. The SMILES string of the molecule is CCOC(C)O[C@@H](C)C(=O)CC=C(C)C. The molecule has 1 unspecified atom stereocenters. The summed E-state index contributed by atoms with van der Waals surface area (Å²) in [6, 6.07) is 0. The zero-order chi connectivity index (χ0) is 11.8. The average Bonchev–Trinajstić information content (AvgIpc) is 2.14. The van der Waals surface area contributed by atoms with Crippen molar-refractivity contribution in [2.75, 3.05) is 6.61 Å². The Morgan fingerprint density at radius 1 is 1.33 bits per heavy atom. The fraction of sp³-hybridized carbons (Fsp3) is 0.750. The van der Waals surface area contributed by atoms with Gasteiger partial charge in [0.1, 0.15) is 6.10 Å². The van der Waals surface area contributed by atoms with Gasteiger partial charge in [0.2, 0.25) is 0 Å². The van der Waals surface area contributed by atoms with E-state index in [2.05, 4.69) is 0 Å². The number of carbonyl (C=O) groups is 1. The zero-order valence-corrected chi connectivity index (χ0v) is 10.4. The minimum absolute atomic E-state index is 0.0859. The molecule has 0 aliphatic carbocycles. The highest BCUT2D eigenvalue weighted by Gasteiger charge is 2.15. The zero-order valence-electron chi connectivity index (χ0n) is 10.4. The standard InChI is InChI=1S/C12H22O3/c1-6-14-11(5)15-10(4)12(13)8-7-9(2)3/h7,10-11H,6,8H2,1-5H3/t10-,11?/m0/s1. The van der Waals surface area contributed by atoms with E-state index in [4.69, 9.17) is 9.47 Å². The largest absolute Gasteiger partial charge is 0.353 e. The van der Waals surface area contributed by atoms with Gasteiger partial charge in [-0.1, -0.05) is 11.6 Å². The molecule has 0 aromatic heterocycles. The summed E-state index contributed by atoms with van der Waals surface area (Å²) in [5.41, 5.74) is 1.15. The van der Waals surface area contributed by atoms with Crippen LogP contribution < -0.4 is 0 Å². The molecule has 0 N–H and O–H groups in total. The Morgan fingerprint density at radius 2 is 1.93 bits per heavy atom. The number of hydrogen-bond donors (Lipinski definition) is 0. The van der Waals surface area contributed by atoms with E-state index >= 15 is 0 Å². The summed E-state index contributed by atoms with van der Waals surface area (Å²) in [5.74, 6) is 0.0859. The van der Waals surface area contributed by atoms with Crippen molar-refractivity contribution in [3.63, 3.8) is 0 Å². The van der Waals surface area contributed by atoms with Crippen LogP contribution in [0.2, 0.25) is 0 Å². The fourth-order valence-electron chi connectivity index (χ4n) is 1.11. The molecule has 0 aromatic rings. The second-order valence-corrected chi connectivity index (χ2v) is 3.75. The van der Waals surface area contributed by atoms with E-state index in [-0.39, 0.29) is 12.1 Å². The second-order valence-electron chi connectivity index (χ2n) is 3.75. The van der Waals surface area contributed by atoms with Gasteiger partial charge < -0.3 is 9.47 Å². The maximum Gasteiger partial charge on any atom is 0.165 e. The first-order valence-corrected chi connectivity index (χ1v) is 5.40. The summed E-state index contributed by atoms with van der Waals surface area (Å²) in [5, 5.41) is 0. The van der Waals surface area contributed by atoms with Crippen LogP contribution in [0.1, 0.15) is 41.0 Å². The van der Waals surface area contributed by atoms with Crippen molar-refractivity contribution in [2.45, 2.75) is 53.4 Å². The predicted octanol–water partition coefficient (Wildman–Crippen LogP) is 2.70. The van der Waals surface area contributed by atoms with Gasteiger partial charge in [0.15, 0.2) is 12.1 Å². The number of rotatable bonds is 7. The van der Waals surface area contributed by atoms with Crippen LogP contribution in [-0.2, 0) is 14.3 Å². The number of carbonyl (C=O) groups excluding carboxylic acids is 1. The molecule has 0 saturated carbocycles. The molecule has 0 amide bonds. The van der Waals surface area contributed by atoms with Crippen LogP contribution in [0.3, 0.4) is 0 Å². The van der Waals surface area contributed by atoms with Gasteiger partial charge >= 0.3 is 0 Å². The maximum atomic E-state index is 11.6. The number of ketones is 1. The van der Waals surface area contributed by atoms with E-state index in [1.165, 1.54) is 0 Å². The lowest BCUT2D eigenvalue weighted by Gasteiger charge is -2.17. The summed E-state index contributed by atoms with van der Waals surface area (Å²) in [6.07, 6.45) is 1.62. The molecule has 0 rings (SSSR count). The fourth-order valence-corrected chi connectivity index (χ4v) is 1.11. The second kappa shape index (κ2) is 7.60. The van der Waals surface area contributed by atoms with Crippen LogP contribution in [0.25, 0.3) is 0 Å². The third-order valence-corrected chi connectivity index (χ3v) is 1.96. The van der Waals surface area contributed by atoms with Gasteiger partial charge in [-0.15, -0.1) is 0 Å². The molecule has 0 fully saturated rings.